The van der Waals surface area contributed by atoms with Crippen molar-refractivity contribution in [2.24, 2.45) is 5.92 Å². The molecule has 1 saturated carbocycles. The third-order valence-corrected chi connectivity index (χ3v) is 10.2. The van der Waals surface area contributed by atoms with Crippen molar-refractivity contribution in [1.29, 1.82) is 0 Å². The van der Waals surface area contributed by atoms with Crippen molar-refractivity contribution in [2.75, 3.05) is 13.1 Å². The fraction of sp³-hybridized carbons (Fsp3) is 0.486. The molecule has 1 spiro atoms. The van der Waals surface area contributed by atoms with E-state index in [4.69, 9.17) is 21.3 Å². The van der Waals surface area contributed by atoms with Gasteiger partial charge in [0, 0.05) is 59.8 Å². The molecule has 1 saturated heterocycles. The average Bonchev–Trinajstić information content (AvgIpc) is 3.37. The van der Waals surface area contributed by atoms with Crippen LogP contribution >= 0.6 is 11.6 Å². The number of aromatic nitrogens is 1. The number of halogens is 1. The summed E-state index contributed by atoms with van der Waals surface area (Å²) >= 11 is 6.16. The Bertz CT molecular complexity index is 1450. The van der Waals surface area contributed by atoms with Gasteiger partial charge in [-0.1, -0.05) is 49.7 Å². The second kappa shape index (κ2) is 11.3. The number of rotatable bonds is 7. The molecule has 3 aromatic rings. The van der Waals surface area contributed by atoms with Gasteiger partial charge < -0.3 is 14.7 Å². The van der Waals surface area contributed by atoms with Crippen LogP contribution in [-0.4, -0.2) is 51.0 Å². The lowest BCUT2D eigenvalue weighted by Gasteiger charge is -2.54. The number of carbonyl (C=O) groups is 1. The number of amides is 1. The number of likely N-dealkylation sites (tertiary alicyclic amines) is 1. The van der Waals surface area contributed by atoms with E-state index in [1.165, 1.54) is 5.56 Å². The van der Waals surface area contributed by atoms with Gasteiger partial charge in [-0.3, -0.25) is 14.7 Å². The third kappa shape index (κ3) is 5.12. The summed E-state index contributed by atoms with van der Waals surface area (Å²) in [4.78, 5) is 23.2. The molecule has 4 atom stereocenters. The van der Waals surface area contributed by atoms with Gasteiger partial charge in [-0.2, -0.15) is 0 Å². The Kier molecular flexibility index (Phi) is 7.84. The topological polar surface area (TPSA) is 65.9 Å². The Labute approximate surface area is 254 Å². The van der Waals surface area contributed by atoms with Crippen LogP contribution in [0.1, 0.15) is 81.3 Å². The third-order valence-electron chi connectivity index (χ3n) is 9.94. The van der Waals surface area contributed by atoms with Crippen molar-refractivity contribution in [3.05, 3.63) is 93.8 Å². The minimum atomic E-state index is -0.962. The summed E-state index contributed by atoms with van der Waals surface area (Å²) in [6.07, 6.45) is 5.66. The maximum atomic E-state index is 13.7. The Balaban J connectivity index is 1.35. The zero-order chi connectivity index (χ0) is 29.6. The van der Waals surface area contributed by atoms with Crippen LogP contribution in [0.5, 0.6) is 5.75 Å². The van der Waals surface area contributed by atoms with Gasteiger partial charge in [-0.15, -0.1) is 0 Å². The van der Waals surface area contributed by atoms with Gasteiger partial charge in [-0.25, -0.2) is 0 Å². The average molecular weight is 588 g/mol. The summed E-state index contributed by atoms with van der Waals surface area (Å²) < 4.78 is 6.36. The molecule has 1 amide bonds. The van der Waals surface area contributed by atoms with Gasteiger partial charge in [0.1, 0.15) is 12.4 Å². The molecule has 222 valence electrons. The summed E-state index contributed by atoms with van der Waals surface area (Å²) in [5, 5.41) is 11.6. The zero-order valence-electron chi connectivity index (χ0n) is 25.1. The van der Waals surface area contributed by atoms with Crippen LogP contribution in [0.4, 0.5) is 0 Å². The predicted molar refractivity (Wildman–Crippen MR) is 165 cm³/mol. The van der Waals surface area contributed by atoms with E-state index in [-0.39, 0.29) is 29.3 Å². The highest BCUT2D eigenvalue weighted by Crippen LogP contribution is 2.57. The zero-order valence-corrected chi connectivity index (χ0v) is 25.9. The Morgan fingerprint density at radius 1 is 1.19 bits per heavy atom. The molecule has 6 rings (SSSR count). The van der Waals surface area contributed by atoms with Crippen LogP contribution in [0.2, 0.25) is 5.02 Å². The number of hydrogen-bond donors (Lipinski definition) is 1. The molecule has 7 heteroatoms. The number of pyridine rings is 1. The summed E-state index contributed by atoms with van der Waals surface area (Å²) in [6.45, 7) is 10.6. The van der Waals surface area contributed by atoms with E-state index in [9.17, 15) is 9.90 Å². The molecule has 3 unspecified atom stereocenters. The molecular formula is C35H42ClN3O3. The van der Waals surface area contributed by atoms with Crippen LogP contribution in [-0.2, 0) is 29.0 Å². The number of aliphatic hydroxyl groups is 1. The molecule has 2 fully saturated rings. The van der Waals surface area contributed by atoms with Crippen molar-refractivity contribution in [1.82, 2.24) is 14.8 Å². The van der Waals surface area contributed by atoms with Gasteiger partial charge in [0.15, 0.2) is 0 Å². The summed E-state index contributed by atoms with van der Waals surface area (Å²) in [5.74, 6) is 1.07. The first-order valence-corrected chi connectivity index (χ1v) is 15.7. The van der Waals surface area contributed by atoms with Crippen LogP contribution in [0.25, 0.3) is 0 Å². The molecule has 2 aromatic carbocycles. The lowest BCUT2D eigenvalue weighted by atomic mass is 9.55. The van der Waals surface area contributed by atoms with E-state index in [1.807, 2.05) is 69.4 Å². The molecular weight excluding hydrogens is 546 g/mol. The molecule has 1 aliphatic carbocycles. The normalized spacial score (nSPS) is 24.2. The second-order valence-corrected chi connectivity index (χ2v) is 13.4. The van der Waals surface area contributed by atoms with Gasteiger partial charge in [0.05, 0.1) is 11.3 Å². The Morgan fingerprint density at radius 2 is 1.98 bits per heavy atom. The Hall–Kier alpha value is -2.93. The van der Waals surface area contributed by atoms with Crippen molar-refractivity contribution in [3.63, 3.8) is 0 Å². The monoisotopic (exact) mass is 587 g/mol. The second-order valence-electron chi connectivity index (χ2n) is 12.9. The van der Waals surface area contributed by atoms with Gasteiger partial charge in [0.2, 0.25) is 5.91 Å². The first-order chi connectivity index (χ1) is 20.1. The van der Waals surface area contributed by atoms with Crippen LogP contribution in [0.3, 0.4) is 0 Å². The molecule has 3 aliphatic rings. The van der Waals surface area contributed by atoms with Crippen LogP contribution in [0, 0.1) is 5.92 Å². The van der Waals surface area contributed by atoms with E-state index in [2.05, 4.69) is 28.9 Å². The van der Waals surface area contributed by atoms with Gasteiger partial charge in [0.25, 0.3) is 0 Å². The smallest absolute Gasteiger partial charge is 0.225 e. The molecule has 42 heavy (non-hydrogen) atoms. The highest BCUT2D eigenvalue weighted by atomic mass is 35.5. The van der Waals surface area contributed by atoms with Gasteiger partial charge in [-0.05, 0) is 86.6 Å². The molecule has 2 aliphatic heterocycles. The fourth-order valence-corrected chi connectivity index (χ4v) is 7.38. The summed E-state index contributed by atoms with van der Waals surface area (Å²) in [7, 11) is 0. The molecule has 0 bridgehead atoms. The van der Waals surface area contributed by atoms with Crippen LogP contribution in [0.15, 0.2) is 60.8 Å². The molecule has 1 aromatic heterocycles. The molecule has 3 heterocycles. The lowest BCUT2D eigenvalue weighted by molar-refractivity contribution is -0.138. The first-order valence-electron chi connectivity index (χ1n) is 15.4. The van der Waals surface area contributed by atoms with Crippen molar-refractivity contribution in [3.8, 4) is 5.75 Å². The maximum Gasteiger partial charge on any atom is 0.225 e. The van der Waals surface area contributed by atoms with E-state index in [1.54, 1.807) is 0 Å². The minimum absolute atomic E-state index is 0.0227. The van der Waals surface area contributed by atoms with E-state index in [0.717, 1.165) is 66.9 Å². The summed E-state index contributed by atoms with van der Waals surface area (Å²) in [6, 6.07) is 18.7. The standard InChI is InChI=1S/C35H42ClN3O3/c1-5-23(2)33(40)39(20-24-8-11-26(36)12-9-24)27-15-18-38(21-27)32-14-16-35(32)28-7-6-17-37-30(28)22-42-31-13-10-25(19-29(31)35)34(3,4)41/h6-13,17,19,23,27,32,41H,5,14-16,18,20-22H2,1-4H3/t23?,27?,32?,35-/m1/s1. The number of hydrogen-bond acceptors (Lipinski definition) is 5. The minimum Gasteiger partial charge on any atom is -0.487 e. The number of benzene rings is 2. The van der Waals surface area contributed by atoms with Crippen LogP contribution < -0.4 is 4.74 Å². The highest BCUT2D eigenvalue weighted by molar-refractivity contribution is 6.30. The van der Waals surface area contributed by atoms with Gasteiger partial charge >= 0.3 is 0 Å². The van der Waals surface area contributed by atoms with Crippen molar-refractivity contribution >= 4 is 17.5 Å². The first kappa shape index (κ1) is 29.2. The predicted octanol–water partition coefficient (Wildman–Crippen LogP) is 6.45. The number of fused-ring (bicyclic) bond motifs is 4. The number of ether oxygens (including phenoxy) is 1. The summed E-state index contributed by atoms with van der Waals surface area (Å²) in [5.41, 5.74) is 4.09. The van der Waals surface area contributed by atoms with Crippen molar-refractivity contribution in [2.45, 2.75) is 89.6 Å². The molecule has 0 radical (unpaired) electrons. The molecule has 6 nitrogen and oxygen atoms in total. The number of nitrogens with zero attached hydrogens (tertiary/aromatic N) is 3. The van der Waals surface area contributed by atoms with Crippen molar-refractivity contribution < 1.29 is 14.6 Å². The maximum absolute atomic E-state index is 13.7. The van der Waals surface area contributed by atoms with E-state index >= 15 is 0 Å². The lowest BCUT2D eigenvalue weighted by Crippen LogP contribution is -2.59. The fourth-order valence-electron chi connectivity index (χ4n) is 7.26. The molecule has 1 N–H and O–H groups in total. The highest BCUT2D eigenvalue weighted by Gasteiger charge is 2.56. The quantitative estimate of drug-likeness (QED) is 0.344. The SMILES string of the molecule is CCC(C)C(=O)N(Cc1ccc(Cl)cc1)C1CCN(C2CC[C@@]23c2cc(C(C)(C)O)ccc2OCc2ncccc23)C1. The largest absolute Gasteiger partial charge is 0.487 e. The van der Waals surface area contributed by atoms with E-state index < -0.39 is 5.60 Å². The van der Waals surface area contributed by atoms with E-state index in [0.29, 0.717) is 18.2 Å². The number of carbonyl (C=O) groups excluding carboxylic acids is 1. The Morgan fingerprint density at radius 3 is 2.67 bits per heavy atom.